The van der Waals surface area contributed by atoms with Crippen LogP contribution in [0, 0.1) is 4.77 Å². The zero-order chi connectivity index (χ0) is 17.6. The maximum Gasteiger partial charge on any atom is 0.205 e. The van der Waals surface area contributed by atoms with Gasteiger partial charge in [0.05, 0.1) is 15.7 Å². The van der Waals surface area contributed by atoms with Crippen molar-refractivity contribution in [3.8, 4) is 22.4 Å². The van der Waals surface area contributed by atoms with E-state index in [9.17, 15) is 0 Å². The number of aromatic amines is 1. The van der Waals surface area contributed by atoms with Crippen LogP contribution in [0.3, 0.4) is 0 Å². The second-order valence-corrected chi connectivity index (χ2v) is 7.57. The molecule has 0 aliphatic rings. The smallest absolute Gasteiger partial charge is 0.205 e. The number of benzene rings is 2. The van der Waals surface area contributed by atoms with Gasteiger partial charge in [0.1, 0.15) is 5.65 Å². The molecule has 0 saturated heterocycles. The monoisotopic (exact) mass is 449 g/mol. The predicted octanol–water partition coefficient (Wildman–Crippen LogP) is 6.80. The van der Waals surface area contributed by atoms with Crippen molar-refractivity contribution < 1.29 is 0 Å². The number of fused-ring (bicyclic) bond motifs is 1. The maximum absolute atomic E-state index is 6.17. The number of hydrogen-bond acceptors (Lipinski definition) is 2. The van der Waals surface area contributed by atoms with Gasteiger partial charge in [-0.1, -0.05) is 57.3 Å². The number of hydrogen-bond donors (Lipinski definition) is 1. The molecule has 0 aliphatic carbocycles. The zero-order valence-electron chi connectivity index (χ0n) is 12.6. The fourth-order valence-electron chi connectivity index (χ4n) is 2.66. The molecule has 0 aliphatic heterocycles. The molecule has 4 aromatic rings. The van der Waals surface area contributed by atoms with Gasteiger partial charge in [0, 0.05) is 22.4 Å². The Morgan fingerprint density at radius 1 is 1.00 bits per heavy atom. The SMILES string of the molecule is S=c1ncc(-c2ccc(Cl)c(Cl)c2)c2[nH]c(-c3ccc(Br)cc3)cn12. The van der Waals surface area contributed by atoms with Gasteiger partial charge >= 0.3 is 0 Å². The Bertz CT molecular complexity index is 1150. The highest BCUT2D eigenvalue weighted by Crippen LogP contribution is 2.31. The number of imidazole rings is 1. The molecule has 4 rings (SSSR count). The third-order valence-corrected chi connectivity index (χ3v) is 5.47. The number of aromatic nitrogens is 3. The Morgan fingerprint density at radius 2 is 1.72 bits per heavy atom. The normalized spacial score (nSPS) is 11.2. The van der Waals surface area contributed by atoms with E-state index in [1.807, 2.05) is 47.0 Å². The molecule has 7 heteroatoms. The summed E-state index contributed by atoms with van der Waals surface area (Å²) in [5.74, 6) is 0. The lowest BCUT2D eigenvalue weighted by molar-refractivity contribution is 1.06. The summed E-state index contributed by atoms with van der Waals surface area (Å²) in [6, 6.07) is 13.6. The first kappa shape index (κ1) is 16.8. The van der Waals surface area contributed by atoms with Gasteiger partial charge in [-0.15, -0.1) is 0 Å². The van der Waals surface area contributed by atoms with Crippen molar-refractivity contribution in [2.45, 2.75) is 0 Å². The molecule has 25 heavy (non-hydrogen) atoms. The van der Waals surface area contributed by atoms with E-state index in [1.54, 1.807) is 12.3 Å². The molecule has 0 radical (unpaired) electrons. The Kier molecular flexibility index (Phi) is 4.41. The van der Waals surface area contributed by atoms with Crippen molar-refractivity contribution in [2.75, 3.05) is 0 Å². The molecule has 2 heterocycles. The first-order chi connectivity index (χ1) is 12.0. The number of nitrogens with zero attached hydrogens (tertiary/aromatic N) is 2. The van der Waals surface area contributed by atoms with Crippen molar-refractivity contribution in [2.24, 2.45) is 0 Å². The highest BCUT2D eigenvalue weighted by molar-refractivity contribution is 9.10. The molecule has 0 bridgehead atoms. The second kappa shape index (κ2) is 6.57. The van der Waals surface area contributed by atoms with Crippen LogP contribution >= 0.6 is 51.3 Å². The lowest BCUT2D eigenvalue weighted by Gasteiger charge is -2.05. The maximum atomic E-state index is 6.17. The first-order valence-corrected chi connectivity index (χ1v) is 9.30. The molecule has 0 fully saturated rings. The van der Waals surface area contributed by atoms with Gasteiger partial charge in [0.2, 0.25) is 4.77 Å². The van der Waals surface area contributed by atoms with Crippen LogP contribution in [0.4, 0.5) is 0 Å². The van der Waals surface area contributed by atoms with E-state index in [1.165, 1.54) is 0 Å². The zero-order valence-corrected chi connectivity index (χ0v) is 16.5. The standard InChI is InChI=1S/C18H10BrCl2N3S/c19-12-4-1-10(2-5-12)16-9-24-17(23-16)13(8-22-18(24)25)11-3-6-14(20)15(21)7-11/h1-9,23H. The number of halogens is 3. The van der Waals surface area contributed by atoms with Crippen LogP contribution in [0.1, 0.15) is 0 Å². The molecule has 124 valence electrons. The molecule has 3 nitrogen and oxygen atoms in total. The van der Waals surface area contributed by atoms with E-state index < -0.39 is 0 Å². The van der Waals surface area contributed by atoms with Crippen LogP contribution in [0.5, 0.6) is 0 Å². The van der Waals surface area contributed by atoms with Crippen molar-refractivity contribution in [3.63, 3.8) is 0 Å². The summed E-state index contributed by atoms with van der Waals surface area (Å²) in [6.45, 7) is 0. The van der Waals surface area contributed by atoms with Crippen LogP contribution in [-0.4, -0.2) is 14.4 Å². The van der Waals surface area contributed by atoms with Crippen LogP contribution in [0.2, 0.25) is 10.0 Å². The van der Waals surface area contributed by atoms with Gasteiger partial charge in [-0.3, -0.25) is 4.40 Å². The van der Waals surface area contributed by atoms with Gasteiger partial charge in [0.25, 0.3) is 0 Å². The molecule has 1 N–H and O–H groups in total. The fourth-order valence-corrected chi connectivity index (χ4v) is 3.41. The van der Waals surface area contributed by atoms with E-state index in [-0.39, 0.29) is 0 Å². The van der Waals surface area contributed by atoms with Gasteiger partial charge < -0.3 is 4.98 Å². The van der Waals surface area contributed by atoms with Crippen LogP contribution in [0.25, 0.3) is 28.0 Å². The van der Waals surface area contributed by atoms with E-state index in [0.29, 0.717) is 14.8 Å². The minimum atomic E-state index is 0.485. The quantitative estimate of drug-likeness (QED) is 0.341. The minimum Gasteiger partial charge on any atom is -0.339 e. The van der Waals surface area contributed by atoms with Crippen molar-refractivity contribution in [1.29, 1.82) is 0 Å². The average Bonchev–Trinajstić information content (AvgIpc) is 3.05. The molecule has 0 amide bonds. The molecule has 2 aromatic carbocycles. The average molecular weight is 451 g/mol. The fraction of sp³-hybridized carbons (Fsp3) is 0. The summed E-state index contributed by atoms with van der Waals surface area (Å²) in [7, 11) is 0. The van der Waals surface area contributed by atoms with Crippen LogP contribution in [-0.2, 0) is 0 Å². The Labute approximate surface area is 167 Å². The van der Waals surface area contributed by atoms with Crippen LogP contribution < -0.4 is 0 Å². The molecular formula is C18H10BrCl2N3S. The summed E-state index contributed by atoms with van der Waals surface area (Å²) < 4.78 is 3.38. The van der Waals surface area contributed by atoms with Crippen molar-refractivity contribution in [1.82, 2.24) is 14.4 Å². The van der Waals surface area contributed by atoms with E-state index >= 15 is 0 Å². The molecule has 0 unspecified atom stereocenters. The molecule has 0 spiro atoms. The van der Waals surface area contributed by atoms with Gasteiger partial charge in [0.15, 0.2) is 0 Å². The highest BCUT2D eigenvalue weighted by Gasteiger charge is 2.11. The van der Waals surface area contributed by atoms with E-state index in [0.717, 1.165) is 32.5 Å². The topological polar surface area (TPSA) is 33.1 Å². The predicted molar refractivity (Wildman–Crippen MR) is 109 cm³/mol. The lowest BCUT2D eigenvalue weighted by Crippen LogP contribution is -1.92. The lowest BCUT2D eigenvalue weighted by atomic mass is 10.1. The van der Waals surface area contributed by atoms with Gasteiger partial charge in [-0.05, 0) is 47.6 Å². The molecule has 0 atom stereocenters. The van der Waals surface area contributed by atoms with Gasteiger partial charge in [-0.25, -0.2) is 4.98 Å². The summed E-state index contributed by atoms with van der Waals surface area (Å²) in [4.78, 5) is 7.77. The highest BCUT2D eigenvalue weighted by atomic mass is 79.9. The van der Waals surface area contributed by atoms with Crippen LogP contribution in [0.15, 0.2) is 59.3 Å². The Morgan fingerprint density at radius 3 is 2.44 bits per heavy atom. The Balaban J connectivity index is 1.94. The summed E-state index contributed by atoms with van der Waals surface area (Å²) in [5, 5.41) is 1.02. The molecule has 2 aromatic heterocycles. The van der Waals surface area contributed by atoms with Gasteiger partial charge in [-0.2, -0.15) is 0 Å². The Hall–Kier alpha value is -1.66. The molecule has 0 saturated carbocycles. The summed E-state index contributed by atoms with van der Waals surface area (Å²) in [6.07, 6.45) is 3.70. The first-order valence-electron chi connectivity index (χ1n) is 7.35. The third kappa shape index (κ3) is 3.13. The summed E-state index contributed by atoms with van der Waals surface area (Å²) >= 11 is 21.0. The second-order valence-electron chi connectivity index (χ2n) is 5.48. The number of rotatable bonds is 2. The largest absolute Gasteiger partial charge is 0.339 e. The summed E-state index contributed by atoms with van der Waals surface area (Å²) in [5.41, 5.74) is 4.68. The van der Waals surface area contributed by atoms with Crippen molar-refractivity contribution in [3.05, 3.63) is 74.1 Å². The molecular weight excluding hydrogens is 441 g/mol. The number of nitrogens with one attached hydrogen (secondary N) is 1. The van der Waals surface area contributed by atoms with E-state index in [2.05, 4.69) is 25.9 Å². The van der Waals surface area contributed by atoms with E-state index in [4.69, 9.17) is 35.4 Å². The number of H-pyrrole nitrogens is 1. The third-order valence-electron chi connectivity index (χ3n) is 3.90. The minimum absolute atomic E-state index is 0.485. The van der Waals surface area contributed by atoms with Crippen molar-refractivity contribution >= 4 is 57.0 Å².